The molecule has 0 aliphatic heterocycles. The zero-order chi connectivity index (χ0) is 22.4. The van der Waals surface area contributed by atoms with Crippen molar-refractivity contribution in [3.05, 3.63) is 60.2 Å². The number of hydrogen-bond acceptors (Lipinski definition) is 4. The van der Waals surface area contributed by atoms with Crippen molar-refractivity contribution in [3.63, 3.8) is 0 Å². The van der Waals surface area contributed by atoms with Crippen LogP contribution in [0.1, 0.15) is 32.3 Å². The predicted molar refractivity (Wildman–Crippen MR) is 111 cm³/mol. The van der Waals surface area contributed by atoms with Crippen molar-refractivity contribution in [2.24, 2.45) is 5.41 Å². The van der Waals surface area contributed by atoms with Gasteiger partial charge in [-0.1, -0.05) is 54.6 Å². The van der Waals surface area contributed by atoms with Crippen LogP contribution in [0.25, 0.3) is 17.2 Å². The van der Waals surface area contributed by atoms with Gasteiger partial charge in [0.15, 0.2) is 0 Å². The van der Waals surface area contributed by atoms with Crippen LogP contribution in [-0.4, -0.2) is 35.4 Å². The number of halogens is 2. The molecule has 162 valence electrons. The molecule has 0 spiro atoms. The number of para-hydroxylation sites is 1. The Kier molecular flexibility index (Phi) is 7.70. The first-order chi connectivity index (χ1) is 14.2. The summed E-state index contributed by atoms with van der Waals surface area (Å²) in [5, 5.41) is 19.1. The van der Waals surface area contributed by atoms with Crippen LogP contribution in [0.5, 0.6) is 5.75 Å². The number of aliphatic hydroxyl groups is 1. The summed E-state index contributed by atoms with van der Waals surface area (Å²) in [5.41, 5.74) is -0.221. The van der Waals surface area contributed by atoms with E-state index in [1.165, 1.54) is 12.4 Å². The van der Waals surface area contributed by atoms with Crippen molar-refractivity contribution in [2.75, 3.05) is 7.11 Å². The van der Waals surface area contributed by atoms with Gasteiger partial charge < -0.3 is 9.84 Å². The highest BCUT2D eigenvalue weighted by molar-refractivity contribution is 5.82. The second-order valence-electron chi connectivity index (χ2n) is 7.48. The summed E-state index contributed by atoms with van der Waals surface area (Å²) in [6.07, 6.45) is 0.572. The molecular weight excluding hydrogens is 392 g/mol. The lowest BCUT2D eigenvalue weighted by Gasteiger charge is -2.40. The lowest BCUT2D eigenvalue weighted by molar-refractivity contribution is -0.182. The maximum Gasteiger partial charge on any atom is 0.267 e. The molecule has 0 aliphatic carbocycles. The zero-order valence-corrected chi connectivity index (χ0v) is 17.2. The number of carbonyl (C=O) groups excluding carboxylic acids is 1. The molecule has 2 rings (SSSR count). The lowest BCUT2D eigenvalue weighted by atomic mass is 9.70. The van der Waals surface area contributed by atoms with E-state index in [1.807, 2.05) is 48.5 Å². The number of ether oxygens (including phenoxy) is 1. The van der Waals surface area contributed by atoms with Crippen molar-refractivity contribution < 1.29 is 28.6 Å². The Bertz CT molecular complexity index is 881. The predicted octanol–water partition coefficient (Wildman–Crippen LogP) is 4.68. The molecule has 0 fully saturated rings. The van der Waals surface area contributed by atoms with Crippen LogP contribution in [0.3, 0.4) is 0 Å². The second kappa shape index (κ2) is 9.82. The Morgan fingerprint density at radius 3 is 2.37 bits per heavy atom. The molecular formula is C23H27F2NO4. The van der Waals surface area contributed by atoms with Gasteiger partial charge in [-0.15, -0.1) is 0 Å². The number of rotatable bonds is 9. The van der Waals surface area contributed by atoms with E-state index in [4.69, 9.17) is 9.94 Å². The summed E-state index contributed by atoms with van der Waals surface area (Å²) in [6.45, 7) is 2.10. The van der Waals surface area contributed by atoms with Crippen LogP contribution in [0.2, 0.25) is 0 Å². The number of alkyl halides is 2. The van der Waals surface area contributed by atoms with E-state index in [2.05, 4.69) is 0 Å². The van der Waals surface area contributed by atoms with Gasteiger partial charge in [0.05, 0.1) is 12.5 Å². The first kappa shape index (κ1) is 23.5. The minimum Gasteiger partial charge on any atom is -0.496 e. The quantitative estimate of drug-likeness (QED) is 0.407. The average Bonchev–Trinajstić information content (AvgIpc) is 2.76. The number of hydroxylamine groups is 1. The third kappa shape index (κ3) is 4.86. The van der Waals surface area contributed by atoms with E-state index in [9.17, 15) is 18.7 Å². The first-order valence-corrected chi connectivity index (χ1v) is 9.52. The maximum absolute atomic E-state index is 13.3. The summed E-state index contributed by atoms with van der Waals surface area (Å²) in [5.74, 6) is -0.282. The van der Waals surface area contributed by atoms with Crippen LogP contribution >= 0.6 is 0 Å². The van der Waals surface area contributed by atoms with Crippen molar-refractivity contribution in [1.82, 2.24) is 5.48 Å². The molecule has 0 saturated heterocycles. The third-order valence-corrected chi connectivity index (χ3v) is 5.59. The smallest absolute Gasteiger partial charge is 0.267 e. The molecule has 2 aromatic rings. The van der Waals surface area contributed by atoms with E-state index in [1.54, 1.807) is 19.3 Å². The monoisotopic (exact) mass is 419 g/mol. The van der Waals surface area contributed by atoms with Gasteiger partial charge in [-0.2, -0.15) is 0 Å². The topological polar surface area (TPSA) is 78.8 Å². The van der Waals surface area contributed by atoms with E-state index >= 15 is 0 Å². The van der Waals surface area contributed by atoms with Crippen LogP contribution in [0, 0.1) is 5.41 Å². The summed E-state index contributed by atoms with van der Waals surface area (Å²) >= 11 is 0. The van der Waals surface area contributed by atoms with Gasteiger partial charge in [0, 0.05) is 5.56 Å². The van der Waals surface area contributed by atoms with Gasteiger partial charge in [-0.25, -0.2) is 14.3 Å². The van der Waals surface area contributed by atoms with Crippen LogP contribution in [0.4, 0.5) is 8.78 Å². The van der Waals surface area contributed by atoms with Crippen molar-refractivity contribution >= 4 is 12.0 Å². The van der Waals surface area contributed by atoms with Crippen LogP contribution in [0.15, 0.2) is 54.6 Å². The van der Waals surface area contributed by atoms with Gasteiger partial charge in [-0.05, 0) is 43.9 Å². The fourth-order valence-corrected chi connectivity index (χ4v) is 3.21. The molecule has 5 nitrogen and oxygen atoms in total. The Balaban J connectivity index is 2.10. The first-order valence-electron chi connectivity index (χ1n) is 9.52. The molecule has 0 unspecified atom stereocenters. The van der Waals surface area contributed by atoms with E-state index in [-0.39, 0.29) is 12.8 Å². The minimum absolute atomic E-state index is 0.0769. The molecule has 1 amide bonds. The van der Waals surface area contributed by atoms with Gasteiger partial charge in [0.2, 0.25) is 0 Å². The van der Waals surface area contributed by atoms with E-state index in [0.717, 1.165) is 29.4 Å². The summed E-state index contributed by atoms with van der Waals surface area (Å²) in [6, 6.07) is 15.4. The Morgan fingerprint density at radius 2 is 1.80 bits per heavy atom. The molecule has 7 heteroatoms. The molecule has 2 aromatic carbocycles. The zero-order valence-electron chi connectivity index (χ0n) is 17.2. The van der Waals surface area contributed by atoms with Gasteiger partial charge in [0.1, 0.15) is 11.4 Å². The highest BCUT2D eigenvalue weighted by Crippen LogP contribution is 2.40. The molecule has 30 heavy (non-hydrogen) atoms. The highest BCUT2D eigenvalue weighted by Gasteiger charge is 2.54. The largest absolute Gasteiger partial charge is 0.496 e. The number of methoxy groups -OCH3 is 1. The SMILES string of the molecule is COc1ccccc1-c1ccc(/C=C/CC[C@](C)(C(=O)NO)[C@](C)(O)C(F)F)cc1. The lowest BCUT2D eigenvalue weighted by Crippen LogP contribution is -2.57. The number of carbonyl (C=O) groups is 1. The summed E-state index contributed by atoms with van der Waals surface area (Å²) in [4.78, 5) is 12.0. The Labute approximate surface area is 175 Å². The molecule has 0 aromatic heterocycles. The number of benzene rings is 2. The number of hydrogen-bond donors (Lipinski definition) is 3. The number of nitrogens with one attached hydrogen (secondary N) is 1. The molecule has 2 atom stereocenters. The van der Waals surface area contributed by atoms with Crippen molar-refractivity contribution in [3.8, 4) is 16.9 Å². The standard InChI is InChI=1S/C23H27F2NO4/c1-22(21(27)26-29,23(2,28)20(24)25)15-7-6-8-16-11-13-17(14-12-16)18-9-4-5-10-19(18)30-3/h4-6,8-14,20,28-29H,7,15H2,1-3H3,(H,26,27)/b8-6+/t22-,23-/m1/s1. The third-order valence-electron chi connectivity index (χ3n) is 5.59. The van der Waals surface area contributed by atoms with E-state index in [0.29, 0.717) is 0 Å². The number of amides is 1. The molecule has 3 N–H and O–H groups in total. The summed E-state index contributed by atoms with van der Waals surface area (Å²) in [7, 11) is 1.62. The highest BCUT2D eigenvalue weighted by atomic mass is 19.3. The fourth-order valence-electron chi connectivity index (χ4n) is 3.21. The molecule has 0 saturated carbocycles. The molecule has 0 bridgehead atoms. The van der Waals surface area contributed by atoms with Crippen molar-refractivity contribution in [2.45, 2.75) is 38.7 Å². The van der Waals surface area contributed by atoms with Gasteiger partial charge >= 0.3 is 0 Å². The van der Waals surface area contributed by atoms with Gasteiger partial charge in [-0.3, -0.25) is 10.0 Å². The molecule has 0 heterocycles. The van der Waals surface area contributed by atoms with Crippen LogP contribution < -0.4 is 10.2 Å². The van der Waals surface area contributed by atoms with E-state index < -0.39 is 23.3 Å². The minimum atomic E-state index is -3.15. The second-order valence-corrected chi connectivity index (χ2v) is 7.48. The van der Waals surface area contributed by atoms with Gasteiger partial charge in [0.25, 0.3) is 12.3 Å². The average molecular weight is 419 g/mol. The maximum atomic E-state index is 13.3. The van der Waals surface area contributed by atoms with Crippen molar-refractivity contribution in [1.29, 1.82) is 0 Å². The number of allylic oxidation sites excluding steroid dienone is 1. The summed E-state index contributed by atoms with van der Waals surface area (Å²) < 4.78 is 31.9. The Morgan fingerprint density at radius 1 is 1.17 bits per heavy atom. The van der Waals surface area contributed by atoms with Crippen LogP contribution in [-0.2, 0) is 4.79 Å². The molecule has 0 aliphatic rings. The normalized spacial score (nSPS) is 15.6. The fraction of sp³-hybridized carbons (Fsp3) is 0.348. The Hall–Kier alpha value is -2.77. The molecule has 0 radical (unpaired) electrons.